The fourth-order valence-corrected chi connectivity index (χ4v) is 7.04. The first-order valence-corrected chi connectivity index (χ1v) is 15.8. The number of carbonyl (C=O) groups excluding carboxylic acids is 1. The van der Waals surface area contributed by atoms with E-state index in [0.717, 1.165) is 12.1 Å². The van der Waals surface area contributed by atoms with Crippen LogP contribution in [0.3, 0.4) is 0 Å². The number of imidazole rings is 1. The molecule has 6 heterocycles. The van der Waals surface area contributed by atoms with Crippen LogP contribution in [0, 0.1) is 5.82 Å². The second-order valence-corrected chi connectivity index (χ2v) is 12.6. The Labute approximate surface area is 269 Å². The van der Waals surface area contributed by atoms with Crippen LogP contribution in [0.15, 0.2) is 48.7 Å². The number of para-hydroxylation sites is 1. The van der Waals surface area contributed by atoms with Crippen LogP contribution in [0.2, 0.25) is 5.02 Å². The van der Waals surface area contributed by atoms with E-state index in [1.165, 1.54) is 13.2 Å². The van der Waals surface area contributed by atoms with Gasteiger partial charge in [-0.2, -0.15) is 0 Å². The SMILES string of the molecule is COC(=O)c1cc(F)c2nc(CN3CCN(c4cccc5c4OC(C)(c4ccc(Cl)cn4)O5)[C@H]4COC[C@H]43)n(C[C@@H]3CCO3)c2c1. The molecule has 1 unspecified atom stereocenters. The summed E-state index contributed by atoms with van der Waals surface area (Å²) >= 11 is 6.07. The molecule has 0 saturated carbocycles. The third kappa shape index (κ3) is 4.95. The van der Waals surface area contributed by atoms with Crippen molar-refractivity contribution in [2.24, 2.45) is 0 Å². The minimum absolute atomic E-state index is 0.0107. The molecule has 0 N–H and O–H groups in total. The summed E-state index contributed by atoms with van der Waals surface area (Å²) in [5.41, 5.74) is 2.49. The highest BCUT2D eigenvalue weighted by Gasteiger charge is 2.46. The Kier molecular flexibility index (Phi) is 7.28. The molecule has 13 heteroatoms. The van der Waals surface area contributed by atoms with Gasteiger partial charge in [-0.25, -0.2) is 14.2 Å². The van der Waals surface area contributed by atoms with E-state index >= 15 is 4.39 Å². The van der Waals surface area contributed by atoms with Gasteiger partial charge < -0.3 is 33.2 Å². The second-order valence-electron chi connectivity index (χ2n) is 12.2. The lowest BCUT2D eigenvalue weighted by molar-refractivity contribution is -0.0716. The number of methoxy groups -OCH3 is 1. The van der Waals surface area contributed by atoms with Crippen LogP contribution >= 0.6 is 11.6 Å². The van der Waals surface area contributed by atoms with Crippen molar-refractivity contribution in [3.8, 4) is 11.5 Å². The maximum Gasteiger partial charge on any atom is 0.338 e. The highest BCUT2D eigenvalue weighted by atomic mass is 35.5. The van der Waals surface area contributed by atoms with Crippen molar-refractivity contribution >= 4 is 34.3 Å². The third-order valence-electron chi connectivity index (χ3n) is 9.41. The molecule has 2 aromatic heterocycles. The predicted octanol–water partition coefficient (Wildman–Crippen LogP) is 4.53. The average Bonchev–Trinajstić information content (AvgIpc) is 3.75. The number of benzene rings is 2. The summed E-state index contributed by atoms with van der Waals surface area (Å²) in [5, 5.41) is 0.539. The number of piperazine rings is 1. The molecule has 0 radical (unpaired) electrons. The molecule has 240 valence electrons. The number of esters is 1. The van der Waals surface area contributed by atoms with Crippen molar-refractivity contribution in [3.63, 3.8) is 0 Å². The van der Waals surface area contributed by atoms with E-state index in [9.17, 15) is 4.79 Å². The van der Waals surface area contributed by atoms with Gasteiger partial charge in [-0.15, -0.1) is 0 Å². The Hall–Kier alpha value is -3.97. The molecule has 3 fully saturated rings. The van der Waals surface area contributed by atoms with Crippen LogP contribution < -0.4 is 14.4 Å². The number of hydrogen-bond acceptors (Lipinski definition) is 10. The molecule has 11 nitrogen and oxygen atoms in total. The number of halogens is 2. The van der Waals surface area contributed by atoms with Crippen LogP contribution in [0.1, 0.15) is 35.2 Å². The molecule has 8 rings (SSSR count). The highest BCUT2D eigenvalue weighted by Crippen LogP contribution is 2.50. The number of ether oxygens (including phenoxy) is 5. The number of pyridine rings is 1. The zero-order valence-corrected chi connectivity index (χ0v) is 26.2. The standard InChI is InChI=1S/C33H33ClFN5O6/c1-33(28-7-6-20(34)14-36-28)45-27-5-3-4-23(31(27)46-33)39-10-9-38(25-17-43-18-26(25)39)16-29-37-30-22(35)12-19(32(41)42-2)13-24(30)40(29)15-21-8-11-44-21/h3-7,12-14,21,25-26H,8-11,15-18H2,1-2H3/t21-,25+,26-,33?/m0/s1. The first-order valence-electron chi connectivity index (χ1n) is 15.4. The minimum Gasteiger partial charge on any atom is -0.465 e. The van der Waals surface area contributed by atoms with Crippen molar-refractivity contribution in [2.45, 2.75) is 50.4 Å². The number of hydrogen-bond donors (Lipinski definition) is 0. The summed E-state index contributed by atoms with van der Waals surface area (Å²) < 4.78 is 46.8. The van der Waals surface area contributed by atoms with E-state index in [4.69, 9.17) is 40.3 Å². The molecular weight excluding hydrogens is 617 g/mol. The monoisotopic (exact) mass is 649 g/mol. The van der Waals surface area contributed by atoms with Gasteiger partial charge in [-0.1, -0.05) is 17.7 Å². The van der Waals surface area contributed by atoms with E-state index in [1.807, 2.05) is 29.7 Å². The molecule has 46 heavy (non-hydrogen) atoms. The van der Waals surface area contributed by atoms with Gasteiger partial charge in [0.05, 0.1) is 73.4 Å². The number of rotatable bonds is 7. The highest BCUT2D eigenvalue weighted by molar-refractivity contribution is 6.30. The molecule has 4 aromatic rings. The normalized spacial score (nSPS) is 25.5. The second kappa shape index (κ2) is 11.4. The molecule has 0 amide bonds. The van der Waals surface area contributed by atoms with Crippen LogP contribution in [-0.2, 0) is 33.1 Å². The fraction of sp³-hybridized carbons (Fsp3) is 0.424. The summed E-state index contributed by atoms with van der Waals surface area (Å²) in [6, 6.07) is 12.4. The van der Waals surface area contributed by atoms with Gasteiger partial charge in [0.1, 0.15) is 17.0 Å². The summed E-state index contributed by atoms with van der Waals surface area (Å²) in [6.07, 6.45) is 2.50. The maximum atomic E-state index is 15.3. The van der Waals surface area contributed by atoms with Crippen molar-refractivity contribution in [1.82, 2.24) is 19.4 Å². The Balaban J connectivity index is 1.08. The largest absolute Gasteiger partial charge is 0.465 e. The molecule has 4 aliphatic rings. The Bertz CT molecular complexity index is 1820. The Morgan fingerprint density at radius 3 is 2.76 bits per heavy atom. The van der Waals surface area contributed by atoms with Gasteiger partial charge in [0.25, 0.3) is 5.79 Å². The predicted molar refractivity (Wildman–Crippen MR) is 166 cm³/mol. The summed E-state index contributed by atoms with van der Waals surface area (Å²) in [5.74, 6) is -0.212. The Morgan fingerprint density at radius 1 is 1.15 bits per heavy atom. The number of aromatic nitrogens is 3. The summed E-state index contributed by atoms with van der Waals surface area (Å²) in [7, 11) is 1.29. The van der Waals surface area contributed by atoms with E-state index in [1.54, 1.807) is 24.4 Å². The minimum atomic E-state index is -1.09. The van der Waals surface area contributed by atoms with Crippen LogP contribution in [0.25, 0.3) is 11.0 Å². The first kappa shape index (κ1) is 29.4. The third-order valence-corrected chi connectivity index (χ3v) is 9.64. The fourth-order valence-electron chi connectivity index (χ4n) is 6.93. The van der Waals surface area contributed by atoms with Crippen LogP contribution in [0.4, 0.5) is 10.1 Å². The zero-order chi connectivity index (χ0) is 31.6. The van der Waals surface area contributed by atoms with E-state index < -0.39 is 17.6 Å². The molecule has 3 saturated heterocycles. The quantitative estimate of drug-likeness (QED) is 0.266. The van der Waals surface area contributed by atoms with Gasteiger partial charge in [-0.05, 0) is 42.8 Å². The number of carbonyl (C=O) groups is 1. The molecule has 0 bridgehead atoms. The Morgan fingerprint density at radius 2 is 2.00 bits per heavy atom. The van der Waals surface area contributed by atoms with Crippen molar-refractivity contribution in [1.29, 1.82) is 0 Å². The van der Waals surface area contributed by atoms with Crippen molar-refractivity contribution < 1.29 is 32.9 Å². The van der Waals surface area contributed by atoms with Crippen LogP contribution in [0.5, 0.6) is 11.5 Å². The molecular formula is C33H33ClFN5O6. The van der Waals surface area contributed by atoms with E-state index in [-0.39, 0.29) is 29.3 Å². The topological polar surface area (TPSA) is 100 Å². The van der Waals surface area contributed by atoms with Gasteiger partial charge in [-0.3, -0.25) is 9.88 Å². The summed E-state index contributed by atoms with van der Waals surface area (Å²) in [4.78, 5) is 26.2. The average molecular weight is 650 g/mol. The van der Waals surface area contributed by atoms with E-state index in [2.05, 4.69) is 14.8 Å². The van der Waals surface area contributed by atoms with Gasteiger partial charge in [0.2, 0.25) is 0 Å². The zero-order valence-electron chi connectivity index (χ0n) is 25.4. The molecule has 2 aromatic carbocycles. The first-order chi connectivity index (χ1) is 22.3. The van der Waals surface area contributed by atoms with Crippen molar-refractivity contribution in [2.75, 3.05) is 44.9 Å². The van der Waals surface area contributed by atoms with Crippen molar-refractivity contribution in [3.05, 3.63) is 76.6 Å². The lowest BCUT2D eigenvalue weighted by atomic mass is 10.0. The molecule has 4 atom stereocenters. The van der Waals surface area contributed by atoms with Gasteiger partial charge >= 0.3 is 5.97 Å². The van der Waals surface area contributed by atoms with Crippen LogP contribution in [-0.4, -0.2) is 83.6 Å². The lowest BCUT2D eigenvalue weighted by Gasteiger charge is -2.44. The number of fused-ring (bicyclic) bond motifs is 3. The smallest absolute Gasteiger partial charge is 0.338 e. The molecule has 0 spiro atoms. The maximum absolute atomic E-state index is 15.3. The molecule has 0 aliphatic carbocycles. The van der Waals surface area contributed by atoms with E-state index in [0.29, 0.717) is 79.6 Å². The van der Waals surface area contributed by atoms with Gasteiger partial charge in [0.15, 0.2) is 17.3 Å². The van der Waals surface area contributed by atoms with Gasteiger partial charge in [0, 0.05) is 32.8 Å². The molecule has 4 aliphatic heterocycles. The number of anilines is 1. The lowest BCUT2D eigenvalue weighted by Crippen LogP contribution is -2.59. The number of nitrogens with zero attached hydrogens (tertiary/aromatic N) is 5. The summed E-state index contributed by atoms with van der Waals surface area (Å²) in [6.45, 7) is 6.07.